The predicted octanol–water partition coefficient (Wildman–Crippen LogP) is 1.91. The van der Waals surface area contributed by atoms with Crippen LogP contribution in [0.3, 0.4) is 0 Å². The maximum Gasteiger partial charge on any atom is 0.147 e. The van der Waals surface area contributed by atoms with Crippen LogP contribution >= 0.6 is 0 Å². The Morgan fingerprint density at radius 3 is 2.59 bits per heavy atom. The summed E-state index contributed by atoms with van der Waals surface area (Å²) in [5, 5.41) is 10.5. The monoisotopic (exact) mass is 238 g/mol. The Morgan fingerprint density at radius 1 is 1.41 bits per heavy atom. The molecular formula is C13H19FN2O. The molecule has 0 aliphatic carbocycles. The zero-order valence-electron chi connectivity index (χ0n) is 10.4. The largest absolute Gasteiger partial charge is 0.385 e. The number of pyridine rings is 1. The van der Waals surface area contributed by atoms with E-state index in [4.69, 9.17) is 0 Å². The van der Waals surface area contributed by atoms with E-state index in [0.29, 0.717) is 24.4 Å². The standard InChI is InChI=1S/C13H19FN2O/c1-10(2)16-7-4-13(17,5-8-16)11-3-6-15-9-12(11)14/h3,6,9-10,17H,4-5,7-8H2,1-2H3. The van der Waals surface area contributed by atoms with Crippen molar-refractivity contribution >= 4 is 0 Å². The molecule has 17 heavy (non-hydrogen) atoms. The van der Waals surface area contributed by atoms with Gasteiger partial charge in [-0.1, -0.05) is 0 Å². The summed E-state index contributed by atoms with van der Waals surface area (Å²) in [7, 11) is 0. The third-order valence-corrected chi connectivity index (χ3v) is 3.63. The number of nitrogens with zero attached hydrogens (tertiary/aromatic N) is 2. The molecule has 1 aliphatic heterocycles. The fraction of sp³-hybridized carbons (Fsp3) is 0.615. The highest BCUT2D eigenvalue weighted by atomic mass is 19.1. The first-order valence-corrected chi connectivity index (χ1v) is 6.09. The highest BCUT2D eigenvalue weighted by molar-refractivity contribution is 5.22. The maximum atomic E-state index is 13.6. The van der Waals surface area contributed by atoms with Crippen LogP contribution in [0.1, 0.15) is 32.3 Å². The van der Waals surface area contributed by atoms with Crippen LogP contribution in [0.4, 0.5) is 4.39 Å². The van der Waals surface area contributed by atoms with E-state index in [1.54, 1.807) is 6.07 Å². The van der Waals surface area contributed by atoms with Crippen molar-refractivity contribution in [2.24, 2.45) is 0 Å². The Bertz CT molecular complexity index is 387. The van der Waals surface area contributed by atoms with Gasteiger partial charge in [-0.25, -0.2) is 4.39 Å². The lowest BCUT2D eigenvalue weighted by Crippen LogP contribution is -2.45. The van der Waals surface area contributed by atoms with Gasteiger partial charge < -0.3 is 10.0 Å². The topological polar surface area (TPSA) is 36.4 Å². The molecule has 1 aromatic heterocycles. The number of likely N-dealkylation sites (tertiary alicyclic amines) is 1. The van der Waals surface area contributed by atoms with E-state index >= 15 is 0 Å². The van der Waals surface area contributed by atoms with E-state index in [1.165, 1.54) is 12.4 Å². The number of halogens is 1. The molecule has 94 valence electrons. The summed E-state index contributed by atoms with van der Waals surface area (Å²) in [5.41, 5.74) is -0.644. The highest BCUT2D eigenvalue weighted by Gasteiger charge is 2.36. The molecule has 1 saturated heterocycles. The van der Waals surface area contributed by atoms with E-state index in [0.717, 1.165) is 13.1 Å². The lowest BCUT2D eigenvalue weighted by atomic mass is 9.84. The second kappa shape index (κ2) is 4.70. The van der Waals surface area contributed by atoms with E-state index in [9.17, 15) is 9.50 Å². The van der Waals surface area contributed by atoms with Gasteiger partial charge >= 0.3 is 0 Å². The Hall–Kier alpha value is -1.00. The molecular weight excluding hydrogens is 219 g/mol. The van der Waals surface area contributed by atoms with E-state index < -0.39 is 11.4 Å². The molecule has 4 heteroatoms. The third kappa shape index (κ3) is 2.48. The number of aliphatic hydroxyl groups is 1. The van der Waals surface area contributed by atoms with Crippen LogP contribution in [0.25, 0.3) is 0 Å². The fourth-order valence-electron chi connectivity index (χ4n) is 2.43. The van der Waals surface area contributed by atoms with Crippen LogP contribution in [-0.4, -0.2) is 34.1 Å². The molecule has 1 fully saturated rings. The van der Waals surface area contributed by atoms with Gasteiger partial charge in [-0.15, -0.1) is 0 Å². The molecule has 0 saturated carbocycles. The first kappa shape index (κ1) is 12.5. The molecule has 0 radical (unpaired) electrons. The highest BCUT2D eigenvalue weighted by Crippen LogP contribution is 2.34. The van der Waals surface area contributed by atoms with Gasteiger partial charge in [0, 0.05) is 30.9 Å². The SMILES string of the molecule is CC(C)N1CCC(O)(c2ccncc2F)CC1. The molecule has 0 aromatic carbocycles. The van der Waals surface area contributed by atoms with Crippen molar-refractivity contribution in [2.45, 2.75) is 38.3 Å². The van der Waals surface area contributed by atoms with Gasteiger partial charge in [0.05, 0.1) is 11.8 Å². The van der Waals surface area contributed by atoms with Crippen molar-refractivity contribution in [1.82, 2.24) is 9.88 Å². The minimum atomic E-state index is -1.03. The molecule has 0 atom stereocenters. The van der Waals surface area contributed by atoms with Crippen LogP contribution in [0.15, 0.2) is 18.5 Å². The molecule has 0 spiro atoms. The van der Waals surface area contributed by atoms with Crippen LogP contribution in [-0.2, 0) is 5.60 Å². The summed E-state index contributed by atoms with van der Waals surface area (Å²) >= 11 is 0. The van der Waals surface area contributed by atoms with Crippen LogP contribution in [0.5, 0.6) is 0 Å². The summed E-state index contributed by atoms with van der Waals surface area (Å²) < 4.78 is 13.6. The van der Waals surface area contributed by atoms with Gasteiger partial charge in [0.1, 0.15) is 5.82 Å². The summed E-state index contributed by atoms with van der Waals surface area (Å²) in [6, 6.07) is 2.06. The number of hydrogen-bond donors (Lipinski definition) is 1. The number of hydrogen-bond acceptors (Lipinski definition) is 3. The molecule has 2 heterocycles. The lowest BCUT2D eigenvalue weighted by Gasteiger charge is -2.40. The number of piperidine rings is 1. The van der Waals surface area contributed by atoms with Gasteiger partial charge in [0.2, 0.25) is 0 Å². The molecule has 1 aliphatic rings. The molecule has 1 N–H and O–H groups in total. The first-order valence-electron chi connectivity index (χ1n) is 6.09. The quantitative estimate of drug-likeness (QED) is 0.855. The Morgan fingerprint density at radius 2 is 2.06 bits per heavy atom. The summed E-state index contributed by atoms with van der Waals surface area (Å²) in [5.74, 6) is -0.409. The first-order chi connectivity index (χ1) is 8.03. The van der Waals surface area contributed by atoms with Crippen molar-refractivity contribution in [3.63, 3.8) is 0 Å². The molecule has 0 bridgehead atoms. The smallest absolute Gasteiger partial charge is 0.147 e. The average molecular weight is 238 g/mol. The minimum Gasteiger partial charge on any atom is -0.385 e. The van der Waals surface area contributed by atoms with E-state index in [-0.39, 0.29) is 0 Å². The minimum absolute atomic E-state index is 0.385. The normalized spacial score (nSPS) is 20.8. The zero-order valence-corrected chi connectivity index (χ0v) is 10.4. The lowest BCUT2D eigenvalue weighted by molar-refractivity contribution is -0.0348. The third-order valence-electron chi connectivity index (χ3n) is 3.63. The van der Waals surface area contributed by atoms with Gasteiger partial charge in [0.15, 0.2) is 0 Å². The summed E-state index contributed by atoms with van der Waals surface area (Å²) in [6.45, 7) is 5.88. The Labute approximate surface area is 101 Å². The fourth-order valence-corrected chi connectivity index (χ4v) is 2.43. The Kier molecular flexibility index (Phi) is 3.45. The number of aromatic nitrogens is 1. The Balaban J connectivity index is 2.15. The predicted molar refractivity (Wildman–Crippen MR) is 64.0 cm³/mol. The van der Waals surface area contributed by atoms with Crippen molar-refractivity contribution in [3.05, 3.63) is 29.8 Å². The number of rotatable bonds is 2. The van der Waals surface area contributed by atoms with Gasteiger partial charge in [0.25, 0.3) is 0 Å². The van der Waals surface area contributed by atoms with E-state index in [1.807, 2.05) is 0 Å². The summed E-state index contributed by atoms with van der Waals surface area (Å²) in [4.78, 5) is 6.02. The van der Waals surface area contributed by atoms with Crippen molar-refractivity contribution < 1.29 is 9.50 Å². The van der Waals surface area contributed by atoms with Crippen LogP contribution in [0, 0.1) is 5.82 Å². The van der Waals surface area contributed by atoms with Gasteiger partial charge in [-0.3, -0.25) is 4.98 Å². The van der Waals surface area contributed by atoms with Crippen molar-refractivity contribution in [3.8, 4) is 0 Å². The van der Waals surface area contributed by atoms with Crippen LogP contribution < -0.4 is 0 Å². The molecule has 3 nitrogen and oxygen atoms in total. The molecule has 1 aromatic rings. The van der Waals surface area contributed by atoms with E-state index in [2.05, 4.69) is 23.7 Å². The van der Waals surface area contributed by atoms with Gasteiger partial charge in [-0.05, 0) is 32.8 Å². The summed E-state index contributed by atoms with van der Waals surface area (Å²) in [6.07, 6.45) is 3.85. The second-order valence-electron chi connectivity index (χ2n) is 5.02. The van der Waals surface area contributed by atoms with Crippen molar-refractivity contribution in [2.75, 3.05) is 13.1 Å². The second-order valence-corrected chi connectivity index (χ2v) is 5.02. The maximum absolute atomic E-state index is 13.6. The molecule has 0 amide bonds. The molecule has 0 unspecified atom stereocenters. The average Bonchev–Trinajstić information content (AvgIpc) is 2.30. The van der Waals surface area contributed by atoms with Crippen molar-refractivity contribution in [1.29, 1.82) is 0 Å². The molecule has 2 rings (SSSR count). The van der Waals surface area contributed by atoms with Crippen LogP contribution in [0.2, 0.25) is 0 Å². The van der Waals surface area contributed by atoms with Gasteiger partial charge in [-0.2, -0.15) is 0 Å². The zero-order chi connectivity index (χ0) is 12.5.